The molecule has 0 fully saturated rings. The number of aryl methyl sites for hydroxylation is 2. The second kappa shape index (κ2) is 15.7. The first-order valence-corrected chi connectivity index (χ1v) is 22.1. The van der Waals surface area contributed by atoms with Gasteiger partial charge in [0.1, 0.15) is 34.2 Å². The van der Waals surface area contributed by atoms with Crippen molar-refractivity contribution in [3.63, 3.8) is 0 Å². The lowest BCUT2D eigenvalue weighted by molar-refractivity contribution is 0.0457. The number of hydrogen-bond acceptors (Lipinski definition) is 4. The zero-order valence-electron chi connectivity index (χ0n) is 37.2. The van der Waals surface area contributed by atoms with Crippen LogP contribution in [0.1, 0.15) is 51.7 Å². The minimum absolute atomic E-state index is 0.195. The highest BCUT2D eigenvalue weighted by atomic mass is 16.5. The number of aromatic nitrogens is 2. The highest BCUT2D eigenvalue weighted by Crippen LogP contribution is 2.46. The van der Waals surface area contributed by atoms with Gasteiger partial charge in [-0.2, -0.15) is 0 Å². The molecule has 0 bridgehead atoms. The van der Waals surface area contributed by atoms with Gasteiger partial charge >= 0.3 is 0 Å². The lowest BCUT2D eigenvalue weighted by atomic mass is 9.93. The van der Waals surface area contributed by atoms with Crippen LogP contribution in [0.5, 0.6) is 23.0 Å². The second-order valence-electron chi connectivity index (χ2n) is 18.3. The molecule has 0 aliphatic carbocycles. The van der Waals surface area contributed by atoms with E-state index in [9.17, 15) is 10.2 Å². The molecule has 0 unspecified atom stereocenters. The van der Waals surface area contributed by atoms with Gasteiger partial charge in [-0.15, -0.1) is 0 Å². The largest absolute Gasteiger partial charge is 0.505 e. The maximum atomic E-state index is 12.2. The Morgan fingerprint density at radius 3 is 1.03 bits per heavy atom. The van der Waals surface area contributed by atoms with E-state index in [-0.39, 0.29) is 11.5 Å². The van der Waals surface area contributed by atoms with Gasteiger partial charge in [0.2, 0.25) is 0 Å². The predicted molar refractivity (Wildman–Crippen MR) is 264 cm³/mol. The van der Waals surface area contributed by atoms with Crippen molar-refractivity contribution in [2.75, 3.05) is 0 Å². The summed E-state index contributed by atoms with van der Waals surface area (Å²) in [6, 6.07) is 57.5. The molecule has 2 aromatic heterocycles. The van der Waals surface area contributed by atoms with Crippen LogP contribution >= 0.6 is 0 Å². The van der Waals surface area contributed by atoms with E-state index in [1.807, 2.05) is 84.9 Å². The fourth-order valence-corrected chi connectivity index (χ4v) is 9.49. The average Bonchev–Trinajstić information content (AvgIpc) is 3.80. The predicted octanol–water partition coefficient (Wildman–Crippen LogP) is 15.0. The molecule has 0 aliphatic rings. The number of phenols is 2. The molecule has 6 nitrogen and oxygen atoms in total. The van der Waals surface area contributed by atoms with Gasteiger partial charge in [0.25, 0.3) is 0 Å². The van der Waals surface area contributed by atoms with Gasteiger partial charge in [0.05, 0.1) is 33.4 Å². The van der Waals surface area contributed by atoms with Crippen molar-refractivity contribution in [1.82, 2.24) is 9.13 Å². The summed E-state index contributed by atoms with van der Waals surface area (Å²) in [5, 5.41) is 29.0. The molecule has 0 amide bonds. The molecule has 0 aliphatic heterocycles. The van der Waals surface area contributed by atoms with Crippen molar-refractivity contribution in [1.29, 1.82) is 0 Å². The van der Waals surface area contributed by atoms with Crippen LogP contribution in [0.3, 0.4) is 0 Å². The summed E-state index contributed by atoms with van der Waals surface area (Å²) in [7, 11) is 0. The van der Waals surface area contributed by atoms with Gasteiger partial charge in [-0.05, 0) is 126 Å². The van der Waals surface area contributed by atoms with Crippen LogP contribution in [-0.2, 0) is 0 Å². The van der Waals surface area contributed by atoms with E-state index in [4.69, 9.17) is 9.47 Å². The standard InChI is InChI=1S/C58H52N2O4/c1-37-33-45(55(61)51(35-37)59-47-25-13-7-19-39(47)40-20-8-14-26-48(40)59)43-23-11-17-29-53(43)63-57(3,4)31-32-58(5,6)64-54-30-18-12-24-44(54)46-34-38(2)36-52(56(46)62)60-49-27-15-9-21-41(49)42-22-10-16-28-50(42)60/h7-30,33-36,61-62H,31-32H2,1-6H3. The molecule has 318 valence electrons. The molecule has 10 rings (SSSR count). The lowest BCUT2D eigenvalue weighted by Crippen LogP contribution is -2.35. The number of fused-ring (bicyclic) bond motifs is 6. The number of aromatic hydroxyl groups is 2. The number of rotatable bonds is 11. The van der Waals surface area contributed by atoms with Crippen LogP contribution in [0.4, 0.5) is 0 Å². The monoisotopic (exact) mass is 840 g/mol. The van der Waals surface area contributed by atoms with Crippen molar-refractivity contribution in [2.24, 2.45) is 0 Å². The fourth-order valence-electron chi connectivity index (χ4n) is 9.49. The highest BCUT2D eigenvalue weighted by molar-refractivity contribution is 6.10. The molecule has 0 atom stereocenters. The minimum Gasteiger partial charge on any atom is -0.505 e. The molecule has 0 saturated heterocycles. The van der Waals surface area contributed by atoms with Crippen molar-refractivity contribution in [2.45, 2.75) is 65.6 Å². The molecular formula is C58H52N2O4. The fraction of sp³-hybridized carbons (Fsp3) is 0.172. The Labute approximate surface area is 374 Å². The summed E-state index contributed by atoms with van der Waals surface area (Å²) in [6.45, 7) is 12.6. The zero-order chi connectivity index (χ0) is 44.3. The third-order valence-electron chi connectivity index (χ3n) is 12.6. The van der Waals surface area contributed by atoms with E-state index in [0.29, 0.717) is 35.5 Å². The first-order valence-electron chi connectivity index (χ1n) is 22.1. The number of para-hydroxylation sites is 6. The summed E-state index contributed by atoms with van der Waals surface area (Å²) >= 11 is 0. The lowest BCUT2D eigenvalue weighted by Gasteiger charge is -2.33. The van der Waals surface area contributed by atoms with Crippen LogP contribution in [0.15, 0.2) is 170 Å². The Hall–Kier alpha value is -7.44. The van der Waals surface area contributed by atoms with Crippen LogP contribution in [0, 0.1) is 13.8 Å². The SMILES string of the molecule is Cc1cc(-c2ccccc2OC(C)(C)CCC(C)(C)Oc2ccccc2-c2cc(C)cc(-n3c4ccccc4c4ccccc43)c2O)c(O)c(-n2c3ccccc3c3ccccc32)c1. The third-order valence-corrected chi connectivity index (χ3v) is 12.6. The Morgan fingerprint density at radius 2 is 0.688 bits per heavy atom. The molecule has 10 aromatic rings. The van der Waals surface area contributed by atoms with Crippen LogP contribution in [0.25, 0.3) is 77.2 Å². The molecular weight excluding hydrogens is 789 g/mol. The number of ether oxygens (including phenoxy) is 2. The maximum absolute atomic E-state index is 12.2. The molecule has 64 heavy (non-hydrogen) atoms. The topological polar surface area (TPSA) is 68.8 Å². The Bertz CT molecular complexity index is 3070. The molecule has 2 N–H and O–H groups in total. The second-order valence-corrected chi connectivity index (χ2v) is 18.3. The normalized spacial score (nSPS) is 12.2. The first kappa shape index (κ1) is 40.6. The van der Waals surface area contributed by atoms with Gasteiger partial charge in [0.15, 0.2) is 0 Å². The smallest absolute Gasteiger partial charge is 0.147 e. The molecule has 8 aromatic carbocycles. The number of phenolic OH excluding ortho intramolecular Hbond substituents is 2. The zero-order valence-corrected chi connectivity index (χ0v) is 37.2. The van der Waals surface area contributed by atoms with Crippen LogP contribution in [-0.4, -0.2) is 30.5 Å². The highest BCUT2D eigenvalue weighted by Gasteiger charge is 2.30. The minimum atomic E-state index is -0.600. The Balaban J connectivity index is 0.927. The Kier molecular flexibility index (Phi) is 9.98. The summed E-state index contributed by atoms with van der Waals surface area (Å²) in [5.74, 6) is 1.78. The van der Waals surface area contributed by atoms with E-state index >= 15 is 0 Å². The van der Waals surface area contributed by atoms with E-state index in [1.54, 1.807) is 0 Å². The van der Waals surface area contributed by atoms with Crippen LogP contribution in [0.2, 0.25) is 0 Å². The van der Waals surface area contributed by atoms with Crippen molar-refractivity contribution in [3.05, 3.63) is 181 Å². The van der Waals surface area contributed by atoms with Gasteiger partial charge in [-0.1, -0.05) is 109 Å². The van der Waals surface area contributed by atoms with Gasteiger partial charge in [-0.25, -0.2) is 0 Å². The molecule has 0 spiro atoms. The number of hydrogen-bond donors (Lipinski definition) is 2. The number of benzene rings is 8. The third kappa shape index (κ3) is 7.19. The van der Waals surface area contributed by atoms with E-state index in [1.165, 1.54) is 0 Å². The molecule has 0 saturated carbocycles. The Morgan fingerprint density at radius 1 is 0.391 bits per heavy atom. The first-order chi connectivity index (χ1) is 30.9. The summed E-state index contributed by atoms with van der Waals surface area (Å²) in [5.41, 5.74) is 9.51. The molecule has 2 heterocycles. The van der Waals surface area contributed by atoms with Gasteiger partial charge < -0.3 is 28.8 Å². The van der Waals surface area contributed by atoms with Gasteiger partial charge in [-0.3, -0.25) is 0 Å². The van der Waals surface area contributed by atoms with E-state index < -0.39 is 11.2 Å². The van der Waals surface area contributed by atoms with Crippen molar-refractivity contribution < 1.29 is 19.7 Å². The summed E-state index contributed by atoms with van der Waals surface area (Å²) in [6.07, 6.45) is 1.35. The van der Waals surface area contributed by atoms with E-state index in [0.717, 1.165) is 77.2 Å². The van der Waals surface area contributed by atoms with E-state index in [2.05, 4.69) is 136 Å². The quantitative estimate of drug-likeness (QED) is 0.136. The van der Waals surface area contributed by atoms with Crippen LogP contribution < -0.4 is 9.47 Å². The van der Waals surface area contributed by atoms with Gasteiger partial charge in [0, 0.05) is 43.8 Å². The molecule has 0 radical (unpaired) electrons. The number of nitrogens with zero attached hydrogens (tertiary/aromatic N) is 2. The summed E-state index contributed by atoms with van der Waals surface area (Å²) < 4.78 is 18.2. The summed E-state index contributed by atoms with van der Waals surface area (Å²) in [4.78, 5) is 0. The maximum Gasteiger partial charge on any atom is 0.147 e. The average molecular weight is 841 g/mol. The molecule has 6 heteroatoms. The van der Waals surface area contributed by atoms with Crippen molar-refractivity contribution >= 4 is 43.6 Å². The van der Waals surface area contributed by atoms with Crippen molar-refractivity contribution in [3.8, 4) is 56.6 Å².